The summed E-state index contributed by atoms with van der Waals surface area (Å²) in [4.78, 5) is 0. The summed E-state index contributed by atoms with van der Waals surface area (Å²) in [5.41, 5.74) is 1.68. The average Bonchev–Trinajstić information content (AvgIpc) is 2.62. The lowest BCUT2D eigenvalue weighted by Crippen LogP contribution is -1.97. The Labute approximate surface area is 94.9 Å². The van der Waals surface area contributed by atoms with Gasteiger partial charge < -0.3 is 9.52 Å². The van der Waals surface area contributed by atoms with E-state index < -0.39 is 6.10 Å². The first-order chi connectivity index (χ1) is 7.74. The third kappa shape index (κ3) is 1.82. The Morgan fingerprint density at radius 3 is 2.94 bits per heavy atom. The molecule has 0 bridgehead atoms. The molecule has 0 fully saturated rings. The smallest absolute Gasteiger partial charge is 0.134 e. The maximum absolute atomic E-state index is 10.1. The van der Waals surface area contributed by atoms with Gasteiger partial charge >= 0.3 is 0 Å². The van der Waals surface area contributed by atoms with Crippen LogP contribution in [-0.4, -0.2) is 5.11 Å². The molecule has 2 nitrogen and oxygen atoms in total. The van der Waals surface area contributed by atoms with E-state index in [2.05, 4.69) is 5.92 Å². The molecule has 2 heteroatoms. The average molecular weight is 214 g/mol. The highest BCUT2D eigenvalue weighted by Crippen LogP contribution is 2.32. The predicted molar refractivity (Wildman–Crippen MR) is 64.0 cm³/mol. The number of para-hydroxylation sites is 1. The standard InChI is InChI=1S/C14H14O2/c1-3-4-8-12(15)14-10(2)16-13-9-6-5-7-11(13)14/h1,5-7,9,12,15H,4,8H2,2H3. The minimum atomic E-state index is -0.542. The number of furan rings is 1. The molecule has 1 N–H and O–H groups in total. The van der Waals surface area contributed by atoms with Gasteiger partial charge in [0.25, 0.3) is 0 Å². The zero-order valence-electron chi connectivity index (χ0n) is 9.23. The van der Waals surface area contributed by atoms with Crippen molar-refractivity contribution in [1.82, 2.24) is 0 Å². The molecule has 82 valence electrons. The molecule has 0 radical (unpaired) electrons. The van der Waals surface area contributed by atoms with E-state index in [4.69, 9.17) is 10.8 Å². The summed E-state index contributed by atoms with van der Waals surface area (Å²) < 4.78 is 5.59. The number of fused-ring (bicyclic) bond motifs is 1. The Hall–Kier alpha value is -1.72. The largest absolute Gasteiger partial charge is 0.461 e. The van der Waals surface area contributed by atoms with E-state index in [0.717, 1.165) is 22.3 Å². The van der Waals surface area contributed by atoms with Crippen LogP contribution in [0.3, 0.4) is 0 Å². The molecule has 0 spiro atoms. The van der Waals surface area contributed by atoms with Gasteiger partial charge in [0.1, 0.15) is 11.3 Å². The molecule has 1 heterocycles. The minimum absolute atomic E-state index is 0.542. The first-order valence-electron chi connectivity index (χ1n) is 5.33. The van der Waals surface area contributed by atoms with E-state index in [1.54, 1.807) is 0 Å². The highest BCUT2D eigenvalue weighted by molar-refractivity contribution is 5.82. The van der Waals surface area contributed by atoms with Crippen LogP contribution in [0.2, 0.25) is 0 Å². The van der Waals surface area contributed by atoms with Crippen LogP contribution in [0.15, 0.2) is 28.7 Å². The van der Waals surface area contributed by atoms with Gasteiger partial charge in [-0.2, -0.15) is 0 Å². The van der Waals surface area contributed by atoms with E-state index >= 15 is 0 Å². The highest BCUT2D eigenvalue weighted by Gasteiger charge is 2.17. The van der Waals surface area contributed by atoms with Crippen molar-refractivity contribution in [2.75, 3.05) is 0 Å². The molecule has 0 aliphatic carbocycles. The lowest BCUT2D eigenvalue weighted by atomic mass is 10.0. The summed E-state index contributed by atoms with van der Waals surface area (Å²) in [6, 6.07) is 7.72. The van der Waals surface area contributed by atoms with Gasteiger partial charge in [-0.15, -0.1) is 12.3 Å². The molecule has 0 amide bonds. The molecule has 2 rings (SSSR count). The Kier molecular flexibility index (Phi) is 2.98. The molecule has 0 saturated heterocycles. The molecule has 1 aromatic carbocycles. The van der Waals surface area contributed by atoms with Crippen molar-refractivity contribution in [2.24, 2.45) is 0 Å². The molecule has 1 aromatic heterocycles. The Bertz CT molecular complexity index is 531. The fourth-order valence-corrected chi connectivity index (χ4v) is 1.97. The summed E-state index contributed by atoms with van der Waals surface area (Å²) in [6.07, 6.45) is 5.79. The molecule has 0 aliphatic rings. The van der Waals surface area contributed by atoms with Crippen molar-refractivity contribution in [3.63, 3.8) is 0 Å². The van der Waals surface area contributed by atoms with Gasteiger partial charge in [0.05, 0.1) is 6.10 Å². The van der Waals surface area contributed by atoms with Crippen LogP contribution in [0.1, 0.15) is 30.3 Å². The topological polar surface area (TPSA) is 33.4 Å². The van der Waals surface area contributed by atoms with Crippen LogP contribution < -0.4 is 0 Å². The number of benzene rings is 1. The van der Waals surface area contributed by atoms with Crippen molar-refractivity contribution in [1.29, 1.82) is 0 Å². The zero-order chi connectivity index (χ0) is 11.5. The zero-order valence-corrected chi connectivity index (χ0v) is 9.23. The normalized spacial score (nSPS) is 12.6. The first kappa shape index (κ1) is 10.8. The van der Waals surface area contributed by atoms with Crippen LogP contribution in [-0.2, 0) is 0 Å². The number of aryl methyl sites for hydroxylation is 1. The van der Waals surface area contributed by atoms with Gasteiger partial charge in [0.15, 0.2) is 0 Å². The van der Waals surface area contributed by atoms with E-state index in [1.807, 2.05) is 31.2 Å². The fraction of sp³-hybridized carbons (Fsp3) is 0.286. The Morgan fingerprint density at radius 1 is 1.44 bits per heavy atom. The van der Waals surface area contributed by atoms with Gasteiger partial charge in [-0.25, -0.2) is 0 Å². The van der Waals surface area contributed by atoms with Crippen LogP contribution >= 0.6 is 0 Å². The van der Waals surface area contributed by atoms with E-state index in [0.29, 0.717) is 12.8 Å². The second-order valence-electron chi connectivity index (χ2n) is 3.83. The molecule has 0 saturated carbocycles. The van der Waals surface area contributed by atoms with Crippen molar-refractivity contribution >= 4 is 11.0 Å². The molecule has 1 unspecified atom stereocenters. The van der Waals surface area contributed by atoms with Gasteiger partial charge in [0, 0.05) is 17.4 Å². The SMILES string of the molecule is C#CCCC(O)c1c(C)oc2ccccc12. The molecule has 1 atom stereocenters. The summed E-state index contributed by atoms with van der Waals surface area (Å²) in [5, 5.41) is 11.0. The maximum Gasteiger partial charge on any atom is 0.134 e. The summed E-state index contributed by atoms with van der Waals surface area (Å²) >= 11 is 0. The second kappa shape index (κ2) is 4.42. The first-order valence-corrected chi connectivity index (χ1v) is 5.33. The second-order valence-corrected chi connectivity index (χ2v) is 3.83. The van der Waals surface area contributed by atoms with Gasteiger partial charge in [-0.3, -0.25) is 0 Å². The summed E-state index contributed by atoms with van der Waals surface area (Å²) in [6.45, 7) is 1.87. The van der Waals surface area contributed by atoms with Gasteiger partial charge in [-0.1, -0.05) is 18.2 Å². The lowest BCUT2D eigenvalue weighted by molar-refractivity contribution is 0.169. The predicted octanol–water partition coefficient (Wildman–Crippen LogP) is 3.19. The molecular formula is C14H14O2. The summed E-state index contributed by atoms with van der Waals surface area (Å²) in [5.74, 6) is 3.31. The number of rotatable bonds is 3. The number of aliphatic hydroxyl groups is 1. The molecule has 0 aliphatic heterocycles. The number of hydrogen-bond acceptors (Lipinski definition) is 2. The molecular weight excluding hydrogens is 200 g/mol. The van der Waals surface area contributed by atoms with Crippen molar-refractivity contribution < 1.29 is 9.52 Å². The van der Waals surface area contributed by atoms with E-state index in [-0.39, 0.29) is 0 Å². The number of aliphatic hydroxyl groups excluding tert-OH is 1. The van der Waals surface area contributed by atoms with Crippen molar-refractivity contribution in [2.45, 2.75) is 25.9 Å². The van der Waals surface area contributed by atoms with Crippen molar-refractivity contribution in [3.8, 4) is 12.3 Å². The maximum atomic E-state index is 10.1. The molecule has 2 aromatic rings. The highest BCUT2D eigenvalue weighted by atomic mass is 16.3. The Balaban J connectivity index is 2.43. The molecule has 16 heavy (non-hydrogen) atoms. The lowest BCUT2D eigenvalue weighted by Gasteiger charge is -2.07. The van der Waals surface area contributed by atoms with E-state index in [9.17, 15) is 5.11 Å². The van der Waals surface area contributed by atoms with E-state index in [1.165, 1.54) is 0 Å². The fourth-order valence-electron chi connectivity index (χ4n) is 1.97. The monoisotopic (exact) mass is 214 g/mol. The Morgan fingerprint density at radius 2 is 2.19 bits per heavy atom. The summed E-state index contributed by atoms with van der Waals surface area (Å²) in [7, 11) is 0. The number of hydrogen-bond donors (Lipinski definition) is 1. The third-order valence-corrected chi connectivity index (χ3v) is 2.71. The third-order valence-electron chi connectivity index (χ3n) is 2.71. The quantitative estimate of drug-likeness (QED) is 0.796. The van der Waals surface area contributed by atoms with Crippen LogP contribution in [0.4, 0.5) is 0 Å². The van der Waals surface area contributed by atoms with Crippen LogP contribution in [0, 0.1) is 19.3 Å². The van der Waals surface area contributed by atoms with Crippen LogP contribution in [0.5, 0.6) is 0 Å². The number of terminal acetylenes is 1. The van der Waals surface area contributed by atoms with Crippen LogP contribution in [0.25, 0.3) is 11.0 Å². The van der Waals surface area contributed by atoms with Gasteiger partial charge in [-0.05, 0) is 19.4 Å². The van der Waals surface area contributed by atoms with Gasteiger partial charge in [0.2, 0.25) is 0 Å². The minimum Gasteiger partial charge on any atom is -0.461 e. The van der Waals surface area contributed by atoms with Crippen molar-refractivity contribution in [3.05, 3.63) is 35.6 Å².